The van der Waals surface area contributed by atoms with Gasteiger partial charge < -0.3 is 11.1 Å². The lowest BCUT2D eigenvalue weighted by Crippen LogP contribution is -2.22. The van der Waals surface area contributed by atoms with Gasteiger partial charge in [0.1, 0.15) is 11.6 Å². The molecule has 0 aliphatic rings. The summed E-state index contributed by atoms with van der Waals surface area (Å²) in [6.45, 7) is 3.75. The molecule has 1 rings (SSSR count). The van der Waals surface area contributed by atoms with Gasteiger partial charge in [0.15, 0.2) is 0 Å². The van der Waals surface area contributed by atoms with E-state index in [-0.39, 0.29) is 6.54 Å². The monoisotopic (exact) mass is 180 g/mol. The lowest BCUT2D eigenvalue weighted by Gasteiger charge is -2.04. The molecule has 0 aliphatic heterocycles. The standard InChI is InChI=1S/C8H12N4O/c1-5-3-8(10-4-7(9)13)12-6(2)11-5/h3H,4H2,1-2H3,(H2,9,13)(H,10,11,12). The van der Waals surface area contributed by atoms with Gasteiger partial charge in [-0.05, 0) is 13.8 Å². The molecule has 0 bridgehead atoms. The van der Waals surface area contributed by atoms with Gasteiger partial charge in [0.25, 0.3) is 0 Å². The molecule has 0 fully saturated rings. The zero-order chi connectivity index (χ0) is 9.84. The molecule has 0 saturated carbocycles. The van der Waals surface area contributed by atoms with Gasteiger partial charge in [-0.3, -0.25) is 4.79 Å². The molecular weight excluding hydrogens is 168 g/mol. The van der Waals surface area contributed by atoms with Crippen LogP contribution in [-0.2, 0) is 4.79 Å². The molecule has 1 amide bonds. The second kappa shape index (κ2) is 3.84. The van der Waals surface area contributed by atoms with E-state index in [9.17, 15) is 4.79 Å². The van der Waals surface area contributed by atoms with Crippen molar-refractivity contribution in [3.05, 3.63) is 17.6 Å². The molecule has 0 unspecified atom stereocenters. The Morgan fingerprint density at radius 2 is 2.23 bits per heavy atom. The molecule has 0 atom stereocenters. The Bertz CT molecular complexity index is 304. The molecule has 0 saturated heterocycles. The molecule has 0 spiro atoms. The normalized spacial score (nSPS) is 9.69. The smallest absolute Gasteiger partial charge is 0.236 e. The number of aryl methyl sites for hydroxylation is 2. The number of anilines is 1. The molecule has 70 valence electrons. The first-order chi connectivity index (χ1) is 6.08. The number of primary amides is 1. The molecule has 3 N–H and O–H groups in total. The van der Waals surface area contributed by atoms with Crippen molar-refractivity contribution in [1.29, 1.82) is 0 Å². The number of nitrogens with one attached hydrogen (secondary N) is 1. The molecule has 1 aromatic rings. The number of hydrogen-bond donors (Lipinski definition) is 2. The number of amides is 1. The van der Waals surface area contributed by atoms with Crippen LogP contribution >= 0.6 is 0 Å². The van der Waals surface area contributed by atoms with Crippen LogP contribution in [0, 0.1) is 13.8 Å². The minimum Gasteiger partial charge on any atom is -0.368 e. The average Bonchev–Trinajstić information content (AvgIpc) is 1.99. The third kappa shape index (κ3) is 3.06. The van der Waals surface area contributed by atoms with Crippen LogP contribution < -0.4 is 11.1 Å². The van der Waals surface area contributed by atoms with Gasteiger partial charge >= 0.3 is 0 Å². The van der Waals surface area contributed by atoms with Crippen molar-refractivity contribution in [3.8, 4) is 0 Å². The summed E-state index contributed by atoms with van der Waals surface area (Å²) in [5.74, 6) is 0.893. The fourth-order valence-electron chi connectivity index (χ4n) is 0.985. The van der Waals surface area contributed by atoms with Crippen molar-refractivity contribution in [1.82, 2.24) is 9.97 Å². The zero-order valence-electron chi connectivity index (χ0n) is 7.66. The van der Waals surface area contributed by atoms with E-state index in [1.165, 1.54) is 0 Å². The SMILES string of the molecule is Cc1cc(NCC(N)=O)nc(C)n1. The number of aromatic nitrogens is 2. The molecule has 1 heterocycles. The number of carbonyl (C=O) groups is 1. The van der Waals surface area contributed by atoms with Crippen LogP contribution in [0.3, 0.4) is 0 Å². The number of nitrogens with zero attached hydrogens (tertiary/aromatic N) is 2. The number of nitrogens with two attached hydrogens (primary N) is 1. The van der Waals surface area contributed by atoms with Gasteiger partial charge in [-0.2, -0.15) is 0 Å². The van der Waals surface area contributed by atoms with Gasteiger partial charge in [-0.25, -0.2) is 9.97 Å². The van der Waals surface area contributed by atoms with E-state index >= 15 is 0 Å². The minimum atomic E-state index is -0.408. The van der Waals surface area contributed by atoms with Gasteiger partial charge in [-0.1, -0.05) is 0 Å². The minimum absolute atomic E-state index is 0.0931. The summed E-state index contributed by atoms with van der Waals surface area (Å²) in [4.78, 5) is 18.6. The maximum Gasteiger partial charge on any atom is 0.236 e. The topological polar surface area (TPSA) is 80.9 Å². The van der Waals surface area contributed by atoms with Crippen LogP contribution in [0.2, 0.25) is 0 Å². The van der Waals surface area contributed by atoms with E-state index in [4.69, 9.17) is 5.73 Å². The molecule has 5 nitrogen and oxygen atoms in total. The van der Waals surface area contributed by atoms with Gasteiger partial charge in [0, 0.05) is 11.8 Å². The first-order valence-electron chi connectivity index (χ1n) is 3.92. The van der Waals surface area contributed by atoms with E-state index in [1.807, 2.05) is 6.92 Å². The summed E-state index contributed by atoms with van der Waals surface area (Å²) in [5, 5.41) is 2.80. The predicted molar refractivity (Wildman–Crippen MR) is 49.2 cm³/mol. The largest absolute Gasteiger partial charge is 0.368 e. The lowest BCUT2D eigenvalue weighted by molar-refractivity contribution is -0.116. The van der Waals surface area contributed by atoms with E-state index in [0.717, 1.165) is 5.69 Å². The Labute approximate surface area is 76.4 Å². The summed E-state index contributed by atoms with van der Waals surface area (Å²) in [6, 6.07) is 1.76. The summed E-state index contributed by atoms with van der Waals surface area (Å²) >= 11 is 0. The number of hydrogen-bond acceptors (Lipinski definition) is 4. The van der Waals surface area contributed by atoms with Crippen molar-refractivity contribution in [3.63, 3.8) is 0 Å². The summed E-state index contributed by atoms with van der Waals surface area (Å²) in [7, 11) is 0. The molecule has 1 aromatic heterocycles. The summed E-state index contributed by atoms with van der Waals surface area (Å²) in [6.07, 6.45) is 0. The van der Waals surface area contributed by atoms with Crippen molar-refractivity contribution < 1.29 is 4.79 Å². The highest BCUT2D eigenvalue weighted by Gasteiger charge is 1.99. The number of rotatable bonds is 3. The zero-order valence-corrected chi connectivity index (χ0v) is 7.66. The Morgan fingerprint density at radius 3 is 2.77 bits per heavy atom. The van der Waals surface area contributed by atoms with Crippen LogP contribution in [0.4, 0.5) is 5.82 Å². The lowest BCUT2D eigenvalue weighted by atomic mass is 10.4. The fourth-order valence-corrected chi connectivity index (χ4v) is 0.985. The first kappa shape index (κ1) is 9.44. The molecule has 5 heteroatoms. The van der Waals surface area contributed by atoms with Crippen LogP contribution in [0.25, 0.3) is 0 Å². The quantitative estimate of drug-likeness (QED) is 0.685. The second-order valence-electron chi connectivity index (χ2n) is 2.76. The van der Waals surface area contributed by atoms with E-state index in [1.54, 1.807) is 13.0 Å². The third-order valence-electron chi connectivity index (χ3n) is 1.41. The summed E-state index contributed by atoms with van der Waals surface area (Å²) in [5.41, 5.74) is 5.83. The third-order valence-corrected chi connectivity index (χ3v) is 1.41. The highest BCUT2D eigenvalue weighted by molar-refractivity contribution is 5.78. The van der Waals surface area contributed by atoms with Crippen molar-refractivity contribution >= 4 is 11.7 Å². The van der Waals surface area contributed by atoms with Crippen LogP contribution in [0.5, 0.6) is 0 Å². The second-order valence-corrected chi connectivity index (χ2v) is 2.76. The van der Waals surface area contributed by atoms with Crippen LogP contribution in [0.15, 0.2) is 6.07 Å². The highest BCUT2D eigenvalue weighted by atomic mass is 16.1. The van der Waals surface area contributed by atoms with Gasteiger partial charge in [0.05, 0.1) is 6.54 Å². The Morgan fingerprint density at radius 1 is 1.54 bits per heavy atom. The average molecular weight is 180 g/mol. The van der Waals surface area contributed by atoms with Crippen molar-refractivity contribution in [2.24, 2.45) is 5.73 Å². The first-order valence-corrected chi connectivity index (χ1v) is 3.92. The van der Waals surface area contributed by atoms with E-state index in [2.05, 4.69) is 15.3 Å². The van der Waals surface area contributed by atoms with E-state index < -0.39 is 5.91 Å². The van der Waals surface area contributed by atoms with Gasteiger partial charge in [0.2, 0.25) is 5.91 Å². The Kier molecular flexibility index (Phi) is 2.79. The fraction of sp³-hybridized carbons (Fsp3) is 0.375. The Hall–Kier alpha value is -1.65. The molecule has 0 aliphatic carbocycles. The predicted octanol–water partition coefficient (Wildman–Crippen LogP) is -0.00936. The molecular formula is C8H12N4O. The van der Waals surface area contributed by atoms with E-state index in [0.29, 0.717) is 11.6 Å². The molecule has 0 radical (unpaired) electrons. The number of carbonyl (C=O) groups excluding carboxylic acids is 1. The summed E-state index contributed by atoms with van der Waals surface area (Å²) < 4.78 is 0. The molecule has 13 heavy (non-hydrogen) atoms. The Balaban J connectivity index is 2.71. The molecule has 0 aromatic carbocycles. The van der Waals surface area contributed by atoms with Crippen molar-refractivity contribution in [2.45, 2.75) is 13.8 Å². The van der Waals surface area contributed by atoms with Crippen LogP contribution in [0.1, 0.15) is 11.5 Å². The maximum absolute atomic E-state index is 10.5. The van der Waals surface area contributed by atoms with Crippen LogP contribution in [-0.4, -0.2) is 22.4 Å². The van der Waals surface area contributed by atoms with Crippen molar-refractivity contribution in [2.75, 3.05) is 11.9 Å². The maximum atomic E-state index is 10.5. The van der Waals surface area contributed by atoms with Gasteiger partial charge in [-0.15, -0.1) is 0 Å². The highest BCUT2D eigenvalue weighted by Crippen LogP contribution is 2.04.